The molecule has 0 bridgehead atoms. The number of nitrogens with zero attached hydrogens (tertiary/aromatic N) is 1. The van der Waals surface area contributed by atoms with E-state index < -0.39 is 6.04 Å². The van der Waals surface area contributed by atoms with Crippen LogP contribution in [0, 0.1) is 0 Å². The van der Waals surface area contributed by atoms with Crippen LogP contribution in [0.4, 0.5) is 5.69 Å². The number of amides is 2. The molecule has 0 aliphatic heterocycles. The summed E-state index contributed by atoms with van der Waals surface area (Å²) in [6.07, 6.45) is 5.93. The van der Waals surface area contributed by atoms with Crippen LogP contribution in [0.5, 0.6) is 5.75 Å². The smallest absolute Gasteiger partial charge is 0.243 e. The Morgan fingerprint density at radius 2 is 1.90 bits per heavy atom. The number of nitrogens with two attached hydrogens (primary N) is 1. The van der Waals surface area contributed by atoms with Crippen molar-refractivity contribution in [3.8, 4) is 5.75 Å². The van der Waals surface area contributed by atoms with Gasteiger partial charge in [-0.1, -0.05) is 25.5 Å². The number of anilines is 1. The van der Waals surface area contributed by atoms with E-state index >= 15 is 0 Å². The van der Waals surface area contributed by atoms with Crippen molar-refractivity contribution in [2.45, 2.75) is 51.5 Å². The number of pyridine rings is 1. The van der Waals surface area contributed by atoms with Crippen molar-refractivity contribution in [3.05, 3.63) is 53.9 Å². The maximum atomic E-state index is 12.4. The first kappa shape index (κ1) is 24.3. The summed E-state index contributed by atoms with van der Waals surface area (Å²) in [7, 11) is 1.41. The maximum Gasteiger partial charge on any atom is 0.243 e. The van der Waals surface area contributed by atoms with Gasteiger partial charge in [0.15, 0.2) is 0 Å². The van der Waals surface area contributed by atoms with E-state index in [4.69, 9.17) is 10.5 Å². The molecule has 1 aromatic carbocycles. The van der Waals surface area contributed by atoms with Gasteiger partial charge in [0.1, 0.15) is 5.75 Å². The third kappa shape index (κ3) is 9.15. The second-order valence-corrected chi connectivity index (χ2v) is 7.27. The summed E-state index contributed by atoms with van der Waals surface area (Å²) in [6, 6.07) is 10.5. The monoisotopic (exact) mass is 428 g/mol. The number of benzene rings is 1. The maximum absolute atomic E-state index is 12.4. The molecule has 0 radical (unpaired) electrons. The molecule has 168 valence electrons. The highest BCUT2D eigenvalue weighted by molar-refractivity contribution is 5.94. The number of carbonyl (C=O) groups is 2. The quantitative estimate of drug-likeness (QED) is 0.334. The van der Waals surface area contributed by atoms with Crippen molar-refractivity contribution in [2.75, 3.05) is 19.0 Å². The minimum absolute atomic E-state index is 0.145. The molecule has 1 heterocycles. The number of nitrogens with one attached hydrogen (secondary N) is 2. The van der Waals surface area contributed by atoms with Gasteiger partial charge < -0.3 is 15.8 Å². The van der Waals surface area contributed by atoms with Crippen molar-refractivity contribution in [1.29, 1.82) is 0 Å². The molecule has 4 N–H and O–H groups in total. The molecule has 0 aliphatic carbocycles. The van der Waals surface area contributed by atoms with Crippen LogP contribution >= 0.6 is 0 Å². The van der Waals surface area contributed by atoms with E-state index in [-0.39, 0.29) is 11.8 Å². The van der Waals surface area contributed by atoms with Crippen LogP contribution < -0.4 is 21.3 Å². The predicted octanol–water partition coefficient (Wildman–Crippen LogP) is 2.77. The van der Waals surface area contributed by atoms with Gasteiger partial charge >= 0.3 is 0 Å². The largest absolute Gasteiger partial charge is 0.492 e. The van der Waals surface area contributed by atoms with E-state index in [9.17, 15) is 9.59 Å². The van der Waals surface area contributed by atoms with E-state index in [0.717, 1.165) is 36.3 Å². The van der Waals surface area contributed by atoms with Crippen molar-refractivity contribution < 1.29 is 19.2 Å². The molecule has 0 spiro atoms. The van der Waals surface area contributed by atoms with Crippen LogP contribution in [0.2, 0.25) is 0 Å². The number of ether oxygens (including phenoxy) is 1. The average molecular weight is 429 g/mol. The van der Waals surface area contributed by atoms with Crippen molar-refractivity contribution in [3.63, 3.8) is 0 Å². The number of unbranched alkanes of at least 4 members (excludes halogenated alkanes) is 1. The molecule has 2 aromatic rings. The lowest BCUT2D eigenvalue weighted by Crippen LogP contribution is -2.37. The fourth-order valence-corrected chi connectivity index (χ4v) is 2.88. The zero-order valence-electron chi connectivity index (χ0n) is 18.2. The summed E-state index contributed by atoms with van der Waals surface area (Å²) >= 11 is 0. The summed E-state index contributed by atoms with van der Waals surface area (Å²) in [6.45, 7) is 2.78. The standard InChI is InChI=1S/C23H32N4O4/c1-3-4-14-31-20-13-12-19(25-16-20)15-21(24)23(29)26-18-10-8-17(9-11-18)6-5-7-22(28)27-30-2/h8-13,16,21H,3-7,14-15,24H2,1-2H3,(H,26,29)(H,27,28)/t21-/m1/s1. The second kappa shape index (κ2) is 13.4. The molecule has 0 saturated carbocycles. The van der Waals surface area contributed by atoms with Gasteiger partial charge in [-0.05, 0) is 49.1 Å². The van der Waals surface area contributed by atoms with E-state index in [0.29, 0.717) is 31.6 Å². The Labute approximate surface area is 183 Å². The summed E-state index contributed by atoms with van der Waals surface area (Å²) in [5.41, 5.74) is 10.8. The number of aryl methyl sites for hydroxylation is 1. The van der Waals surface area contributed by atoms with Crippen LogP contribution in [0.25, 0.3) is 0 Å². The first-order valence-corrected chi connectivity index (χ1v) is 10.6. The molecular formula is C23H32N4O4. The highest BCUT2D eigenvalue weighted by Crippen LogP contribution is 2.14. The lowest BCUT2D eigenvalue weighted by atomic mass is 10.1. The Hall–Kier alpha value is -2.97. The van der Waals surface area contributed by atoms with Gasteiger partial charge in [-0.25, -0.2) is 5.48 Å². The fraction of sp³-hybridized carbons (Fsp3) is 0.435. The molecule has 8 nitrogen and oxygen atoms in total. The fourth-order valence-electron chi connectivity index (χ4n) is 2.88. The summed E-state index contributed by atoms with van der Waals surface area (Å²) < 4.78 is 5.59. The topological polar surface area (TPSA) is 116 Å². The third-order valence-corrected chi connectivity index (χ3v) is 4.64. The first-order chi connectivity index (χ1) is 15.0. The predicted molar refractivity (Wildman–Crippen MR) is 119 cm³/mol. The highest BCUT2D eigenvalue weighted by Gasteiger charge is 2.15. The van der Waals surface area contributed by atoms with Crippen LogP contribution in [0.3, 0.4) is 0 Å². The van der Waals surface area contributed by atoms with E-state index in [1.165, 1.54) is 7.11 Å². The molecule has 31 heavy (non-hydrogen) atoms. The van der Waals surface area contributed by atoms with Crippen molar-refractivity contribution in [1.82, 2.24) is 10.5 Å². The minimum Gasteiger partial charge on any atom is -0.492 e. The highest BCUT2D eigenvalue weighted by atomic mass is 16.6. The van der Waals surface area contributed by atoms with E-state index in [2.05, 4.69) is 27.5 Å². The molecule has 2 amide bonds. The molecule has 1 aromatic heterocycles. The van der Waals surface area contributed by atoms with Crippen molar-refractivity contribution in [2.24, 2.45) is 5.73 Å². The van der Waals surface area contributed by atoms with Gasteiger partial charge in [0, 0.05) is 24.2 Å². The summed E-state index contributed by atoms with van der Waals surface area (Å²) in [5, 5.41) is 2.83. The number of hydroxylamine groups is 1. The molecule has 0 aliphatic rings. The van der Waals surface area contributed by atoms with Gasteiger partial charge in [-0.2, -0.15) is 0 Å². The van der Waals surface area contributed by atoms with Crippen LogP contribution in [0.1, 0.15) is 43.9 Å². The zero-order valence-corrected chi connectivity index (χ0v) is 18.2. The zero-order chi connectivity index (χ0) is 22.5. The van der Waals surface area contributed by atoms with E-state index in [1.54, 1.807) is 6.20 Å². The molecule has 0 saturated heterocycles. The summed E-state index contributed by atoms with van der Waals surface area (Å²) in [4.78, 5) is 32.7. The third-order valence-electron chi connectivity index (χ3n) is 4.64. The van der Waals surface area contributed by atoms with E-state index in [1.807, 2.05) is 36.4 Å². The first-order valence-electron chi connectivity index (χ1n) is 10.6. The lowest BCUT2D eigenvalue weighted by molar-refractivity contribution is -0.131. The molecule has 0 unspecified atom stereocenters. The minimum atomic E-state index is -0.710. The van der Waals surface area contributed by atoms with Crippen molar-refractivity contribution >= 4 is 17.5 Å². The van der Waals surface area contributed by atoms with Gasteiger partial charge in [-0.3, -0.25) is 19.4 Å². The molecule has 1 atom stereocenters. The number of aromatic nitrogens is 1. The van der Waals surface area contributed by atoms with Gasteiger partial charge in [0.05, 0.1) is 26.0 Å². The van der Waals surface area contributed by atoms with Gasteiger partial charge in [0.2, 0.25) is 11.8 Å². The average Bonchev–Trinajstić information content (AvgIpc) is 2.76. The number of carbonyl (C=O) groups excluding carboxylic acids is 2. The van der Waals surface area contributed by atoms with Crippen LogP contribution in [0.15, 0.2) is 42.6 Å². The lowest BCUT2D eigenvalue weighted by Gasteiger charge is -2.13. The number of hydrogen-bond acceptors (Lipinski definition) is 6. The summed E-state index contributed by atoms with van der Waals surface area (Å²) in [5.74, 6) is 0.303. The molecule has 2 rings (SSSR count). The Morgan fingerprint density at radius 3 is 2.55 bits per heavy atom. The molecule has 0 fully saturated rings. The molecule has 8 heteroatoms. The number of rotatable bonds is 13. The SMILES string of the molecule is CCCCOc1ccc(C[C@@H](N)C(=O)Nc2ccc(CCCC(=O)NOC)cc2)nc1. The second-order valence-electron chi connectivity index (χ2n) is 7.27. The Kier molecular flexibility index (Phi) is 10.5. The Morgan fingerprint density at radius 1 is 1.13 bits per heavy atom. The van der Waals surface area contributed by atoms with Crippen LogP contribution in [-0.4, -0.2) is 36.6 Å². The Balaban J connectivity index is 1.77. The Bertz CT molecular complexity index is 809. The van der Waals surface area contributed by atoms with Gasteiger partial charge in [0.25, 0.3) is 0 Å². The van der Waals surface area contributed by atoms with Gasteiger partial charge in [-0.15, -0.1) is 0 Å². The number of hydrogen-bond donors (Lipinski definition) is 3. The molecular weight excluding hydrogens is 396 g/mol. The van der Waals surface area contributed by atoms with Crippen LogP contribution in [-0.2, 0) is 27.3 Å². The normalized spacial score (nSPS) is 11.6.